The summed E-state index contributed by atoms with van der Waals surface area (Å²) in [7, 11) is 0. The molecule has 0 atom stereocenters. The van der Waals surface area contributed by atoms with Gasteiger partial charge in [-0.1, -0.05) is 17.6 Å². The van der Waals surface area contributed by atoms with Crippen LogP contribution < -0.4 is 10.6 Å². The van der Waals surface area contributed by atoms with E-state index < -0.39 is 11.7 Å². The zero-order valence-electron chi connectivity index (χ0n) is 16.6. The smallest absolute Gasteiger partial charge is 0.407 e. The topological polar surface area (TPSA) is 106 Å². The van der Waals surface area contributed by atoms with Crippen LogP contribution in [0.1, 0.15) is 52.3 Å². The van der Waals surface area contributed by atoms with Gasteiger partial charge in [-0.05, 0) is 45.1 Å². The van der Waals surface area contributed by atoms with Crippen LogP contribution in [0.3, 0.4) is 0 Å². The predicted octanol–water partition coefficient (Wildman–Crippen LogP) is 3.54. The summed E-state index contributed by atoms with van der Waals surface area (Å²) >= 11 is 1.58. The summed E-state index contributed by atoms with van der Waals surface area (Å²) in [6.45, 7) is 6.24. The highest BCUT2D eigenvalue weighted by molar-refractivity contribution is 7.13. The highest BCUT2D eigenvalue weighted by atomic mass is 32.1. The van der Waals surface area contributed by atoms with Crippen LogP contribution in [0.15, 0.2) is 22.0 Å². The molecular weight excluding hydrogens is 380 g/mol. The quantitative estimate of drug-likeness (QED) is 0.582. The minimum absolute atomic E-state index is 0.0893. The standard InChI is InChI=1S/C19H28N4O4S/c1-19(2,3)26-18(25)21-12-10-15(24)20-11-6-4-5-9-16-22-17(23-27-16)14-8-7-13-28-14/h7-8,13H,4-6,9-12H2,1-3H3,(H,20,24)(H,21,25). The van der Waals surface area contributed by atoms with Crippen LogP contribution in [0.4, 0.5) is 4.79 Å². The van der Waals surface area contributed by atoms with Crippen molar-refractivity contribution in [2.75, 3.05) is 13.1 Å². The van der Waals surface area contributed by atoms with Crippen molar-refractivity contribution < 1.29 is 18.8 Å². The fourth-order valence-corrected chi connectivity index (χ4v) is 3.00. The zero-order valence-corrected chi connectivity index (χ0v) is 17.4. The Hall–Kier alpha value is -2.42. The second-order valence-corrected chi connectivity index (χ2v) is 8.28. The molecule has 2 heterocycles. The Labute approximate surface area is 169 Å². The number of hydrogen-bond acceptors (Lipinski definition) is 7. The van der Waals surface area contributed by atoms with Crippen LogP contribution in [-0.2, 0) is 16.0 Å². The summed E-state index contributed by atoms with van der Waals surface area (Å²) in [6.07, 6.45) is 3.19. The first-order chi connectivity index (χ1) is 13.3. The summed E-state index contributed by atoms with van der Waals surface area (Å²) in [6, 6.07) is 3.92. The minimum Gasteiger partial charge on any atom is -0.444 e. The summed E-state index contributed by atoms with van der Waals surface area (Å²) < 4.78 is 10.4. The molecule has 9 heteroatoms. The number of rotatable bonds is 10. The Bertz CT molecular complexity index is 737. The molecule has 8 nitrogen and oxygen atoms in total. The average Bonchev–Trinajstić information content (AvgIpc) is 3.27. The van der Waals surface area contributed by atoms with E-state index in [1.807, 2.05) is 17.5 Å². The largest absolute Gasteiger partial charge is 0.444 e. The minimum atomic E-state index is -0.543. The molecule has 2 aromatic heterocycles. The summed E-state index contributed by atoms with van der Waals surface area (Å²) in [5.41, 5.74) is -0.543. The van der Waals surface area contributed by atoms with E-state index in [2.05, 4.69) is 20.8 Å². The number of carbonyl (C=O) groups excluding carboxylic acids is 2. The van der Waals surface area contributed by atoms with Crippen LogP contribution in [0.25, 0.3) is 10.7 Å². The molecule has 2 amide bonds. The Morgan fingerprint density at radius 1 is 1.18 bits per heavy atom. The maximum absolute atomic E-state index is 11.7. The van der Waals surface area contributed by atoms with Gasteiger partial charge in [0.1, 0.15) is 5.60 Å². The van der Waals surface area contributed by atoms with Gasteiger partial charge in [0.05, 0.1) is 4.88 Å². The predicted molar refractivity (Wildman–Crippen MR) is 107 cm³/mol. The number of nitrogens with zero attached hydrogens (tertiary/aromatic N) is 2. The van der Waals surface area contributed by atoms with E-state index in [9.17, 15) is 9.59 Å². The van der Waals surface area contributed by atoms with Gasteiger partial charge in [-0.15, -0.1) is 11.3 Å². The molecule has 2 rings (SSSR count). The highest BCUT2D eigenvalue weighted by Crippen LogP contribution is 2.21. The van der Waals surface area contributed by atoms with Gasteiger partial charge in [0.15, 0.2) is 0 Å². The fourth-order valence-electron chi connectivity index (χ4n) is 2.35. The number of thiophene rings is 1. The second-order valence-electron chi connectivity index (χ2n) is 7.33. The number of aromatic nitrogens is 2. The Morgan fingerprint density at radius 2 is 2.00 bits per heavy atom. The van der Waals surface area contributed by atoms with Crippen molar-refractivity contribution in [3.05, 3.63) is 23.4 Å². The maximum Gasteiger partial charge on any atom is 0.407 e. The van der Waals surface area contributed by atoms with Gasteiger partial charge in [0.25, 0.3) is 0 Å². The molecular formula is C19H28N4O4S. The van der Waals surface area contributed by atoms with Crippen molar-refractivity contribution in [2.45, 2.75) is 58.5 Å². The third-order valence-electron chi connectivity index (χ3n) is 3.62. The number of nitrogens with one attached hydrogen (secondary N) is 2. The number of hydrogen-bond donors (Lipinski definition) is 2. The molecule has 0 fully saturated rings. The number of carbonyl (C=O) groups is 2. The van der Waals surface area contributed by atoms with Crippen LogP contribution in [0, 0.1) is 0 Å². The van der Waals surface area contributed by atoms with Gasteiger partial charge >= 0.3 is 6.09 Å². The number of alkyl carbamates (subject to hydrolysis) is 1. The summed E-state index contributed by atoms with van der Waals surface area (Å²) in [5.74, 6) is 1.19. The van der Waals surface area contributed by atoms with E-state index in [1.54, 1.807) is 32.1 Å². The van der Waals surface area contributed by atoms with E-state index in [0.717, 1.165) is 30.6 Å². The molecule has 0 aliphatic carbocycles. The van der Waals surface area contributed by atoms with Crippen molar-refractivity contribution in [1.82, 2.24) is 20.8 Å². The number of amides is 2. The third-order valence-corrected chi connectivity index (χ3v) is 4.49. The lowest BCUT2D eigenvalue weighted by Crippen LogP contribution is -2.35. The molecule has 2 aromatic rings. The van der Waals surface area contributed by atoms with Crippen molar-refractivity contribution >= 4 is 23.3 Å². The molecule has 0 saturated heterocycles. The lowest BCUT2D eigenvalue weighted by atomic mass is 10.2. The van der Waals surface area contributed by atoms with Gasteiger partial charge in [-0.25, -0.2) is 4.79 Å². The molecule has 2 N–H and O–H groups in total. The van der Waals surface area contributed by atoms with Gasteiger partial charge in [-0.3, -0.25) is 4.79 Å². The second kappa shape index (κ2) is 10.8. The Morgan fingerprint density at radius 3 is 2.71 bits per heavy atom. The molecule has 0 radical (unpaired) electrons. The molecule has 154 valence electrons. The molecule has 0 bridgehead atoms. The number of aryl methyl sites for hydroxylation is 1. The van der Waals surface area contributed by atoms with E-state index in [4.69, 9.17) is 9.26 Å². The van der Waals surface area contributed by atoms with Crippen LogP contribution in [0.2, 0.25) is 0 Å². The van der Waals surface area contributed by atoms with Crippen LogP contribution in [0.5, 0.6) is 0 Å². The zero-order chi connectivity index (χ0) is 20.4. The molecule has 0 aliphatic rings. The lowest BCUT2D eigenvalue weighted by molar-refractivity contribution is -0.120. The van der Waals surface area contributed by atoms with Crippen molar-refractivity contribution in [2.24, 2.45) is 0 Å². The van der Waals surface area contributed by atoms with E-state index >= 15 is 0 Å². The van der Waals surface area contributed by atoms with Crippen molar-refractivity contribution in [1.29, 1.82) is 0 Å². The number of unbranched alkanes of at least 4 members (excludes halogenated alkanes) is 2. The normalized spacial score (nSPS) is 11.2. The van der Waals surface area contributed by atoms with E-state index in [1.165, 1.54) is 0 Å². The number of ether oxygens (including phenoxy) is 1. The lowest BCUT2D eigenvalue weighted by Gasteiger charge is -2.19. The summed E-state index contributed by atoms with van der Waals surface area (Å²) in [4.78, 5) is 28.6. The Kier molecular flexibility index (Phi) is 8.43. The van der Waals surface area contributed by atoms with Gasteiger partial charge < -0.3 is 19.9 Å². The fraction of sp³-hybridized carbons (Fsp3) is 0.579. The average molecular weight is 409 g/mol. The van der Waals surface area contributed by atoms with Gasteiger partial charge in [-0.2, -0.15) is 4.98 Å². The first-order valence-corrected chi connectivity index (χ1v) is 10.3. The van der Waals surface area contributed by atoms with E-state index in [-0.39, 0.29) is 18.9 Å². The van der Waals surface area contributed by atoms with Crippen LogP contribution >= 0.6 is 11.3 Å². The molecule has 28 heavy (non-hydrogen) atoms. The molecule has 0 spiro atoms. The molecule has 0 saturated carbocycles. The van der Waals surface area contributed by atoms with E-state index in [0.29, 0.717) is 18.3 Å². The monoisotopic (exact) mass is 408 g/mol. The molecule has 0 aliphatic heterocycles. The third kappa shape index (κ3) is 8.51. The first-order valence-electron chi connectivity index (χ1n) is 9.43. The Balaban J connectivity index is 1.49. The van der Waals surface area contributed by atoms with Gasteiger partial charge in [0, 0.05) is 25.9 Å². The van der Waals surface area contributed by atoms with Crippen molar-refractivity contribution in [3.63, 3.8) is 0 Å². The highest BCUT2D eigenvalue weighted by Gasteiger charge is 2.15. The summed E-state index contributed by atoms with van der Waals surface area (Å²) in [5, 5.41) is 11.4. The van der Waals surface area contributed by atoms with Crippen LogP contribution in [-0.4, -0.2) is 40.8 Å². The SMILES string of the molecule is CC(C)(C)OC(=O)NCCC(=O)NCCCCCc1nc(-c2cccs2)no1. The molecule has 0 unspecified atom stereocenters. The maximum atomic E-state index is 11.7. The van der Waals surface area contributed by atoms with Crippen molar-refractivity contribution in [3.8, 4) is 10.7 Å². The van der Waals surface area contributed by atoms with Gasteiger partial charge in [0.2, 0.25) is 17.6 Å². The molecule has 0 aromatic carbocycles. The first kappa shape index (κ1) is 21.9.